The Hall–Kier alpha value is -2.00. The van der Waals surface area contributed by atoms with Crippen LogP contribution in [0.1, 0.15) is 5.56 Å². The number of benzene rings is 2. The molecular weight excluding hydrogens is 258 g/mol. The summed E-state index contributed by atoms with van der Waals surface area (Å²) in [5.41, 5.74) is 3.32. The van der Waals surface area contributed by atoms with E-state index >= 15 is 0 Å². The minimum absolute atomic E-state index is 0.492. The number of hydrogen-bond acceptors (Lipinski definition) is 3. The summed E-state index contributed by atoms with van der Waals surface area (Å²) in [6, 6.07) is 18.3. The highest BCUT2D eigenvalue weighted by Crippen LogP contribution is 2.25. The molecule has 0 radical (unpaired) electrons. The van der Waals surface area contributed by atoms with E-state index in [0.29, 0.717) is 12.0 Å². The second-order valence-electron chi connectivity index (χ2n) is 4.51. The minimum atomic E-state index is 0.492. The normalized spacial score (nSPS) is 14.7. The second kappa shape index (κ2) is 4.94. The smallest absolute Gasteiger partial charge is 0.223 e. The van der Waals surface area contributed by atoms with Crippen LogP contribution in [0.4, 0.5) is 11.4 Å². The van der Waals surface area contributed by atoms with Crippen molar-refractivity contribution in [1.29, 1.82) is 0 Å². The van der Waals surface area contributed by atoms with Crippen molar-refractivity contribution in [3.05, 3.63) is 60.2 Å². The number of amidine groups is 1. The number of halogens is 1. The number of rotatable bonds is 2. The molecule has 2 aromatic carbocycles. The average Bonchev–Trinajstić information content (AvgIpc) is 2.83. The summed E-state index contributed by atoms with van der Waals surface area (Å²) in [5.74, 6) is 0. The van der Waals surface area contributed by atoms with E-state index in [-0.39, 0.29) is 0 Å². The average molecular weight is 272 g/mol. The molecule has 3 nitrogen and oxygen atoms in total. The van der Waals surface area contributed by atoms with Crippen molar-refractivity contribution in [3.8, 4) is 0 Å². The summed E-state index contributed by atoms with van der Waals surface area (Å²) in [7, 11) is 0. The van der Waals surface area contributed by atoms with E-state index in [9.17, 15) is 0 Å². The van der Waals surface area contributed by atoms with Crippen molar-refractivity contribution in [3.63, 3.8) is 0 Å². The molecule has 19 heavy (non-hydrogen) atoms. The Labute approximate surface area is 117 Å². The van der Waals surface area contributed by atoms with Crippen molar-refractivity contribution in [2.75, 3.05) is 16.6 Å². The molecule has 0 saturated heterocycles. The second-order valence-corrected chi connectivity index (χ2v) is 4.85. The zero-order chi connectivity index (χ0) is 13.2. The van der Waals surface area contributed by atoms with E-state index < -0.39 is 0 Å². The molecule has 0 bridgehead atoms. The van der Waals surface area contributed by atoms with E-state index in [1.807, 2.05) is 40.2 Å². The zero-order valence-corrected chi connectivity index (χ0v) is 11.4. The first-order chi connectivity index (χ1) is 9.24. The maximum atomic E-state index is 6.22. The van der Waals surface area contributed by atoms with Crippen LogP contribution in [0.15, 0.2) is 59.7 Å². The fourth-order valence-corrected chi connectivity index (χ4v) is 2.27. The number of para-hydroxylation sites is 1. The van der Waals surface area contributed by atoms with Gasteiger partial charge >= 0.3 is 0 Å². The molecule has 0 N–H and O–H groups in total. The largest absolute Gasteiger partial charge is 0.295 e. The Morgan fingerprint density at radius 1 is 0.947 bits per heavy atom. The fraction of sp³-hybridized carbons (Fsp3) is 0.133. The van der Waals surface area contributed by atoms with Crippen molar-refractivity contribution in [2.45, 2.75) is 6.92 Å². The van der Waals surface area contributed by atoms with Crippen LogP contribution < -0.4 is 9.91 Å². The summed E-state index contributed by atoms with van der Waals surface area (Å²) >= 11 is 6.22. The summed E-state index contributed by atoms with van der Waals surface area (Å²) in [6.45, 7) is 2.70. The van der Waals surface area contributed by atoms with Gasteiger partial charge in [0.15, 0.2) is 0 Å². The molecule has 0 unspecified atom stereocenters. The van der Waals surface area contributed by atoms with Crippen LogP contribution >= 0.6 is 11.6 Å². The highest BCUT2D eigenvalue weighted by Gasteiger charge is 2.23. The molecule has 3 rings (SSSR count). The lowest BCUT2D eigenvalue weighted by atomic mass is 10.2. The van der Waals surface area contributed by atoms with Gasteiger partial charge in [0.1, 0.15) is 6.67 Å². The lowest BCUT2D eigenvalue weighted by Crippen LogP contribution is -2.28. The molecule has 0 aliphatic carbocycles. The van der Waals surface area contributed by atoms with Crippen LogP contribution in [0, 0.1) is 6.92 Å². The maximum Gasteiger partial charge on any atom is 0.223 e. The molecule has 1 heterocycles. The Bertz CT molecular complexity index is 593. The molecule has 4 heteroatoms. The Morgan fingerprint density at radius 3 is 2.32 bits per heavy atom. The van der Waals surface area contributed by atoms with Crippen molar-refractivity contribution >= 4 is 28.3 Å². The van der Waals surface area contributed by atoms with Gasteiger partial charge in [-0.1, -0.05) is 35.9 Å². The van der Waals surface area contributed by atoms with Crippen LogP contribution in [0.2, 0.25) is 0 Å². The molecule has 0 aromatic heterocycles. The van der Waals surface area contributed by atoms with Gasteiger partial charge < -0.3 is 0 Å². The highest BCUT2D eigenvalue weighted by molar-refractivity contribution is 6.68. The zero-order valence-electron chi connectivity index (χ0n) is 10.6. The van der Waals surface area contributed by atoms with Crippen LogP contribution in [-0.2, 0) is 0 Å². The lowest BCUT2D eigenvalue weighted by molar-refractivity contribution is 0.912. The number of hydrogen-bond donors (Lipinski definition) is 0. The van der Waals surface area contributed by atoms with E-state index in [1.165, 1.54) is 5.56 Å². The molecule has 2 aromatic rings. The molecule has 1 aliphatic heterocycles. The molecule has 1 aliphatic rings. The van der Waals surface area contributed by atoms with Gasteiger partial charge in [-0.2, -0.15) is 0 Å². The predicted molar refractivity (Wildman–Crippen MR) is 80.7 cm³/mol. The van der Waals surface area contributed by atoms with Gasteiger partial charge in [0.05, 0.1) is 5.69 Å². The number of nitrogens with zero attached hydrogens (tertiary/aromatic N) is 3. The number of anilines is 2. The molecule has 0 amide bonds. The van der Waals surface area contributed by atoms with Crippen molar-refractivity contribution < 1.29 is 0 Å². The van der Waals surface area contributed by atoms with Gasteiger partial charge in [-0.05, 0) is 42.8 Å². The predicted octanol–water partition coefficient (Wildman–Crippen LogP) is 3.79. The number of hydrazone groups is 1. The lowest BCUT2D eigenvalue weighted by Gasteiger charge is -2.19. The first-order valence-corrected chi connectivity index (χ1v) is 6.53. The van der Waals surface area contributed by atoms with Gasteiger partial charge in [-0.15, -0.1) is 5.10 Å². The molecule has 0 atom stereocenters. The van der Waals surface area contributed by atoms with Crippen LogP contribution in [0.5, 0.6) is 0 Å². The van der Waals surface area contributed by atoms with Gasteiger partial charge in [-0.25, -0.2) is 5.01 Å². The summed E-state index contributed by atoms with van der Waals surface area (Å²) < 4.78 is 0. The minimum Gasteiger partial charge on any atom is -0.295 e. The molecule has 0 saturated carbocycles. The standard InChI is InChI=1S/C15H14ClN3/c1-12-7-9-14(10-8-12)19-11-18(15(16)17-19)13-5-3-2-4-6-13/h2-10H,11H2,1H3. The Balaban J connectivity index is 1.84. The van der Waals surface area contributed by atoms with Crippen LogP contribution in [-0.4, -0.2) is 12.0 Å². The van der Waals surface area contributed by atoms with E-state index in [0.717, 1.165) is 11.4 Å². The molecule has 0 spiro atoms. The SMILES string of the molecule is Cc1ccc(N2CN(c3ccccc3)C(Cl)=N2)cc1. The summed E-state index contributed by atoms with van der Waals surface area (Å²) in [6.07, 6.45) is 0. The van der Waals surface area contributed by atoms with Gasteiger partial charge in [0.2, 0.25) is 5.29 Å². The number of aryl methyl sites for hydroxylation is 1. The van der Waals surface area contributed by atoms with Crippen molar-refractivity contribution in [1.82, 2.24) is 0 Å². The van der Waals surface area contributed by atoms with Crippen LogP contribution in [0.3, 0.4) is 0 Å². The van der Waals surface area contributed by atoms with E-state index in [4.69, 9.17) is 11.6 Å². The third-order valence-electron chi connectivity index (χ3n) is 3.10. The van der Waals surface area contributed by atoms with Gasteiger partial charge in [0.25, 0.3) is 0 Å². The highest BCUT2D eigenvalue weighted by atomic mass is 35.5. The van der Waals surface area contributed by atoms with Crippen molar-refractivity contribution in [2.24, 2.45) is 5.10 Å². The maximum absolute atomic E-state index is 6.22. The quantitative estimate of drug-likeness (QED) is 0.774. The monoisotopic (exact) mass is 271 g/mol. The summed E-state index contributed by atoms with van der Waals surface area (Å²) in [4.78, 5) is 1.97. The Kier molecular flexibility index (Phi) is 3.13. The Morgan fingerprint density at radius 2 is 1.63 bits per heavy atom. The van der Waals surface area contributed by atoms with Gasteiger partial charge in [-0.3, -0.25) is 4.90 Å². The molecular formula is C15H14ClN3. The van der Waals surface area contributed by atoms with Gasteiger partial charge in [0, 0.05) is 5.69 Å². The third kappa shape index (κ3) is 2.42. The first kappa shape index (κ1) is 12.1. The summed E-state index contributed by atoms with van der Waals surface area (Å²) in [5, 5.41) is 6.78. The fourth-order valence-electron chi connectivity index (χ4n) is 2.03. The van der Waals surface area contributed by atoms with E-state index in [1.54, 1.807) is 0 Å². The molecule has 0 fully saturated rings. The van der Waals surface area contributed by atoms with Crippen LogP contribution in [0.25, 0.3) is 0 Å². The topological polar surface area (TPSA) is 18.8 Å². The first-order valence-electron chi connectivity index (χ1n) is 6.15. The molecule has 96 valence electrons. The van der Waals surface area contributed by atoms with E-state index in [2.05, 4.69) is 36.3 Å². The third-order valence-corrected chi connectivity index (χ3v) is 3.38.